The van der Waals surface area contributed by atoms with E-state index in [1.165, 1.54) is 11.3 Å². The number of aromatic nitrogens is 1. The summed E-state index contributed by atoms with van der Waals surface area (Å²) in [6.45, 7) is 0. The molecule has 1 aliphatic rings. The van der Waals surface area contributed by atoms with Gasteiger partial charge in [-0.2, -0.15) is 0 Å². The minimum absolute atomic E-state index is 0.0524. The number of nitrogens with zero attached hydrogens (tertiary/aromatic N) is 1. The molecule has 1 N–H and O–H groups in total. The van der Waals surface area contributed by atoms with Crippen molar-refractivity contribution in [3.63, 3.8) is 0 Å². The van der Waals surface area contributed by atoms with E-state index in [2.05, 4.69) is 26.2 Å². The van der Waals surface area contributed by atoms with Crippen LogP contribution in [-0.4, -0.2) is 30.8 Å². The number of rotatable bonds is 3. The van der Waals surface area contributed by atoms with E-state index in [0.29, 0.717) is 11.6 Å². The molecule has 5 nitrogen and oxygen atoms in total. The molecule has 94 valence electrons. The molecule has 1 aromatic rings. The Labute approximate surface area is 112 Å². The second-order valence-electron chi connectivity index (χ2n) is 3.99. The molecule has 1 aromatic heterocycles. The maximum atomic E-state index is 11.6. The zero-order valence-corrected chi connectivity index (χ0v) is 12.1. The third kappa shape index (κ3) is 3.75. The number of anilines is 1. The van der Waals surface area contributed by atoms with Gasteiger partial charge in [0.2, 0.25) is 5.91 Å². The Bertz CT molecular complexity index is 526. The predicted octanol–water partition coefficient (Wildman–Crippen LogP) is 1.67. The van der Waals surface area contributed by atoms with Crippen LogP contribution in [0.4, 0.5) is 5.13 Å². The molecule has 2 rings (SSSR count). The number of halogens is 1. The summed E-state index contributed by atoms with van der Waals surface area (Å²) < 4.78 is 23.3. The van der Waals surface area contributed by atoms with Crippen molar-refractivity contribution in [3.8, 4) is 0 Å². The Morgan fingerprint density at radius 1 is 1.65 bits per heavy atom. The number of carbonyl (C=O) groups excluding carboxylic acids is 1. The van der Waals surface area contributed by atoms with Crippen molar-refractivity contribution in [1.29, 1.82) is 0 Å². The minimum Gasteiger partial charge on any atom is -0.302 e. The Balaban J connectivity index is 1.86. The van der Waals surface area contributed by atoms with Gasteiger partial charge in [-0.05, 0) is 28.3 Å². The van der Waals surface area contributed by atoms with Gasteiger partial charge in [-0.1, -0.05) is 11.3 Å². The van der Waals surface area contributed by atoms with Gasteiger partial charge < -0.3 is 5.32 Å². The first-order chi connectivity index (χ1) is 7.94. The lowest BCUT2D eigenvalue weighted by Crippen LogP contribution is -2.17. The van der Waals surface area contributed by atoms with Crippen LogP contribution in [0.15, 0.2) is 9.98 Å². The molecule has 1 unspecified atom stereocenters. The highest BCUT2D eigenvalue weighted by atomic mass is 79.9. The lowest BCUT2D eigenvalue weighted by molar-refractivity contribution is -0.116. The highest BCUT2D eigenvalue weighted by Crippen LogP contribution is 2.25. The molecule has 1 saturated heterocycles. The lowest BCUT2D eigenvalue weighted by Gasteiger charge is -2.06. The topological polar surface area (TPSA) is 76.1 Å². The molecule has 0 aliphatic carbocycles. The lowest BCUT2D eigenvalue weighted by atomic mass is 10.1. The molecule has 0 spiro atoms. The molecule has 1 aliphatic heterocycles. The first-order valence-corrected chi connectivity index (χ1v) is 8.49. The van der Waals surface area contributed by atoms with Crippen molar-refractivity contribution in [2.75, 3.05) is 16.8 Å². The van der Waals surface area contributed by atoms with Crippen molar-refractivity contribution in [1.82, 2.24) is 4.98 Å². The number of hydrogen-bond acceptors (Lipinski definition) is 5. The Morgan fingerprint density at radius 3 is 2.94 bits per heavy atom. The summed E-state index contributed by atoms with van der Waals surface area (Å²) in [5, 5.41) is 3.19. The number of sulfone groups is 1. The Morgan fingerprint density at radius 2 is 2.41 bits per heavy atom. The van der Waals surface area contributed by atoms with E-state index in [1.807, 2.05) is 0 Å². The van der Waals surface area contributed by atoms with Gasteiger partial charge in [0.15, 0.2) is 15.0 Å². The van der Waals surface area contributed by atoms with Crippen LogP contribution in [-0.2, 0) is 14.6 Å². The van der Waals surface area contributed by atoms with Crippen LogP contribution in [0.25, 0.3) is 0 Å². The molecule has 0 saturated carbocycles. The summed E-state index contributed by atoms with van der Waals surface area (Å²) in [5.74, 6) is 0.104. The van der Waals surface area contributed by atoms with Gasteiger partial charge in [-0.3, -0.25) is 4.79 Å². The first kappa shape index (κ1) is 13.0. The van der Waals surface area contributed by atoms with Gasteiger partial charge in [-0.25, -0.2) is 13.4 Å². The first-order valence-electron chi connectivity index (χ1n) is 5.06. The summed E-state index contributed by atoms with van der Waals surface area (Å²) in [5.41, 5.74) is 0. The van der Waals surface area contributed by atoms with Crippen molar-refractivity contribution >= 4 is 48.1 Å². The van der Waals surface area contributed by atoms with Gasteiger partial charge in [0.1, 0.15) is 0 Å². The fraction of sp³-hybridized carbons (Fsp3) is 0.556. The van der Waals surface area contributed by atoms with E-state index >= 15 is 0 Å². The average molecular weight is 339 g/mol. The Hall–Kier alpha value is -0.470. The van der Waals surface area contributed by atoms with Gasteiger partial charge >= 0.3 is 0 Å². The summed E-state index contributed by atoms with van der Waals surface area (Å²) in [6.07, 6.45) is 2.44. The molecule has 1 amide bonds. The molecule has 8 heteroatoms. The highest BCUT2D eigenvalue weighted by molar-refractivity contribution is 9.11. The van der Waals surface area contributed by atoms with Gasteiger partial charge in [-0.15, -0.1) is 0 Å². The monoisotopic (exact) mass is 338 g/mol. The second kappa shape index (κ2) is 5.03. The molecule has 1 fully saturated rings. The van der Waals surface area contributed by atoms with E-state index in [9.17, 15) is 13.2 Å². The molecular formula is C9H11BrN2O3S2. The third-order valence-electron chi connectivity index (χ3n) is 2.52. The van der Waals surface area contributed by atoms with Crippen molar-refractivity contribution < 1.29 is 13.2 Å². The van der Waals surface area contributed by atoms with Crippen LogP contribution in [0.2, 0.25) is 0 Å². The number of nitrogens with one attached hydrogen (secondary N) is 1. The molecule has 2 heterocycles. The van der Waals surface area contributed by atoms with Crippen molar-refractivity contribution in [2.45, 2.75) is 12.8 Å². The molecule has 17 heavy (non-hydrogen) atoms. The SMILES string of the molecule is O=C(CC1CCS(=O)(=O)C1)Nc1ncc(Br)s1. The number of thiazole rings is 1. The van der Waals surface area contributed by atoms with Crippen molar-refractivity contribution in [3.05, 3.63) is 9.98 Å². The largest absolute Gasteiger partial charge is 0.302 e. The summed E-state index contributed by atoms with van der Waals surface area (Å²) in [7, 11) is -2.91. The van der Waals surface area contributed by atoms with Gasteiger partial charge in [0, 0.05) is 6.42 Å². The fourth-order valence-electron chi connectivity index (χ4n) is 1.78. The van der Waals surface area contributed by atoms with E-state index in [4.69, 9.17) is 0 Å². The molecule has 0 bridgehead atoms. The maximum Gasteiger partial charge on any atom is 0.226 e. The van der Waals surface area contributed by atoms with Gasteiger partial charge in [0.05, 0.1) is 21.5 Å². The smallest absolute Gasteiger partial charge is 0.226 e. The van der Waals surface area contributed by atoms with Crippen LogP contribution < -0.4 is 5.32 Å². The standard InChI is InChI=1S/C9H11BrN2O3S2/c10-7-4-11-9(16-7)12-8(13)3-6-1-2-17(14,15)5-6/h4,6H,1-3,5H2,(H,11,12,13). The summed E-state index contributed by atoms with van der Waals surface area (Å²) in [4.78, 5) is 15.6. The van der Waals surface area contributed by atoms with Crippen LogP contribution in [0.1, 0.15) is 12.8 Å². The third-order valence-corrected chi connectivity index (χ3v) is 5.75. The molecule has 0 radical (unpaired) electrons. The van der Waals surface area contributed by atoms with E-state index < -0.39 is 9.84 Å². The highest BCUT2D eigenvalue weighted by Gasteiger charge is 2.29. The van der Waals surface area contributed by atoms with Crippen molar-refractivity contribution in [2.24, 2.45) is 5.92 Å². The summed E-state index contributed by atoms with van der Waals surface area (Å²) in [6, 6.07) is 0. The summed E-state index contributed by atoms with van der Waals surface area (Å²) >= 11 is 4.58. The van der Waals surface area contributed by atoms with Crippen LogP contribution in [0, 0.1) is 5.92 Å². The number of amides is 1. The van der Waals surface area contributed by atoms with Gasteiger partial charge in [0.25, 0.3) is 0 Å². The zero-order chi connectivity index (χ0) is 12.5. The minimum atomic E-state index is -2.91. The maximum absolute atomic E-state index is 11.6. The molecule has 1 atom stereocenters. The molecular weight excluding hydrogens is 328 g/mol. The quantitative estimate of drug-likeness (QED) is 0.909. The number of carbonyl (C=O) groups is 1. The predicted molar refractivity (Wildman–Crippen MR) is 69.8 cm³/mol. The zero-order valence-electron chi connectivity index (χ0n) is 8.85. The van der Waals surface area contributed by atoms with E-state index in [-0.39, 0.29) is 29.8 Å². The second-order valence-corrected chi connectivity index (χ2v) is 8.63. The van der Waals surface area contributed by atoms with Crippen LogP contribution in [0.3, 0.4) is 0 Å². The Kier molecular flexibility index (Phi) is 3.84. The molecule has 0 aromatic carbocycles. The van der Waals surface area contributed by atoms with Crippen LogP contribution in [0.5, 0.6) is 0 Å². The number of hydrogen-bond donors (Lipinski definition) is 1. The van der Waals surface area contributed by atoms with Crippen LogP contribution >= 0.6 is 27.3 Å². The van der Waals surface area contributed by atoms with E-state index in [1.54, 1.807) is 6.20 Å². The van der Waals surface area contributed by atoms with E-state index in [0.717, 1.165) is 3.79 Å². The normalized spacial score (nSPS) is 22.5. The average Bonchev–Trinajstić information content (AvgIpc) is 2.73. The fourth-order valence-corrected chi connectivity index (χ4v) is 4.76.